The van der Waals surface area contributed by atoms with Crippen LogP contribution in [-0.4, -0.2) is 22.3 Å². The van der Waals surface area contributed by atoms with Crippen LogP contribution < -0.4 is 5.32 Å². The average Bonchev–Trinajstić information content (AvgIpc) is 3.18. The molecule has 3 rings (SSSR count). The lowest BCUT2D eigenvalue weighted by Gasteiger charge is -2.09. The van der Waals surface area contributed by atoms with Crippen molar-refractivity contribution in [1.29, 1.82) is 0 Å². The van der Waals surface area contributed by atoms with Crippen molar-refractivity contribution in [3.63, 3.8) is 0 Å². The van der Waals surface area contributed by atoms with Crippen LogP contribution in [0, 0.1) is 0 Å². The largest absolute Gasteiger partial charge is 0.611 e. The van der Waals surface area contributed by atoms with E-state index in [0.717, 1.165) is 49.3 Å². The molecular weight excluding hydrogens is 332 g/mol. The molecule has 0 aromatic carbocycles. The molecular formula is C16H18N2OS3. The molecule has 116 valence electrons. The van der Waals surface area contributed by atoms with Crippen LogP contribution in [0.4, 0.5) is 5.69 Å². The highest BCUT2D eigenvalue weighted by Crippen LogP contribution is 2.39. The average molecular weight is 351 g/mol. The fourth-order valence-corrected chi connectivity index (χ4v) is 5.93. The van der Waals surface area contributed by atoms with Crippen LogP contribution in [0.5, 0.6) is 0 Å². The number of hydrogen-bond acceptors (Lipinski definition) is 5. The van der Waals surface area contributed by atoms with Gasteiger partial charge in [0.2, 0.25) is 4.21 Å². The third-order valence-corrected chi connectivity index (χ3v) is 7.31. The number of rotatable bonds is 6. The number of aromatic nitrogens is 1. The minimum Gasteiger partial charge on any atom is -0.611 e. The molecule has 0 radical (unpaired) electrons. The maximum Gasteiger partial charge on any atom is 0.232 e. The number of unbranched alkanes of at least 4 members (excludes halogenated alkanes) is 1. The zero-order valence-corrected chi connectivity index (χ0v) is 15.0. The zero-order valence-electron chi connectivity index (χ0n) is 12.6. The second-order valence-corrected chi connectivity index (χ2v) is 8.66. The molecule has 3 aromatic rings. The van der Waals surface area contributed by atoms with Crippen molar-refractivity contribution in [2.24, 2.45) is 0 Å². The van der Waals surface area contributed by atoms with Gasteiger partial charge in [0.25, 0.3) is 0 Å². The Kier molecular flexibility index (Phi) is 5.03. The molecule has 3 aromatic heterocycles. The van der Waals surface area contributed by atoms with Crippen molar-refractivity contribution in [2.75, 3.05) is 18.1 Å². The van der Waals surface area contributed by atoms with Crippen molar-refractivity contribution in [3.8, 4) is 10.6 Å². The molecule has 0 spiro atoms. The predicted molar refractivity (Wildman–Crippen MR) is 98.7 cm³/mol. The first kappa shape index (κ1) is 15.8. The van der Waals surface area contributed by atoms with Gasteiger partial charge in [-0.2, -0.15) is 0 Å². The van der Waals surface area contributed by atoms with Crippen LogP contribution in [-0.2, 0) is 11.2 Å². The Morgan fingerprint density at radius 2 is 2.18 bits per heavy atom. The van der Waals surface area contributed by atoms with Gasteiger partial charge >= 0.3 is 0 Å². The summed E-state index contributed by atoms with van der Waals surface area (Å²) in [5.41, 5.74) is 1.96. The Bertz CT molecular complexity index is 752. The van der Waals surface area contributed by atoms with Crippen LogP contribution in [0.25, 0.3) is 20.8 Å². The van der Waals surface area contributed by atoms with E-state index < -0.39 is 11.2 Å². The Hall–Kier alpha value is -1.08. The summed E-state index contributed by atoms with van der Waals surface area (Å²) in [5, 5.41) is 6.33. The van der Waals surface area contributed by atoms with Gasteiger partial charge in [0.1, 0.15) is 16.3 Å². The summed E-state index contributed by atoms with van der Waals surface area (Å²) in [6, 6.07) is 8.23. The molecule has 1 N–H and O–H groups in total. The van der Waals surface area contributed by atoms with Crippen LogP contribution in [0.1, 0.15) is 19.8 Å². The van der Waals surface area contributed by atoms with Gasteiger partial charge in [0.15, 0.2) is 0 Å². The standard InChI is InChI=1S/C16H18N2OS3/c1-3-4-10-22(19)16-14(17-2)11-7-8-12(18-15(11)21-16)13-6-5-9-20-13/h5-9,17H,3-4,10H2,1-2H3. The summed E-state index contributed by atoms with van der Waals surface area (Å²) in [6.45, 7) is 2.12. The van der Waals surface area contributed by atoms with E-state index in [2.05, 4.69) is 29.8 Å². The number of thiophene rings is 2. The van der Waals surface area contributed by atoms with Gasteiger partial charge in [-0.05, 0) is 41.2 Å². The number of fused-ring (bicyclic) bond motifs is 1. The topological polar surface area (TPSA) is 48.0 Å². The van der Waals surface area contributed by atoms with E-state index in [4.69, 9.17) is 4.98 Å². The molecule has 1 atom stereocenters. The molecule has 3 heterocycles. The number of anilines is 1. The molecule has 1 unspecified atom stereocenters. The highest BCUT2D eigenvalue weighted by atomic mass is 32.2. The maximum atomic E-state index is 12.5. The molecule has 0 bridgehead atoms. The Balaban J connectivity index is 2.03. The number of pyridine rings is 1. The molecule has 3 nitrogen and oxygen atoms in total. The van der Waals surface area contributed by atoms with Crippen LogP contribution >= 0.6 is 22.7 Å². The van der Waals surface area contributed by atoms with Gasteiger partial charge in [0, 0.05) is 12.4 Å². The van der Waals surface area contributed by atoms with Crippen LogP contribution in [0.2, 0.25) is 0 Å². The normalized spacial score (nSPS) is 12.7. The van der Waals surface area contributed by atoms with E-state index in [1.54, 1.807) is 22.7 Å². The SMILES string of the molecule is CCCC[S+]([O-])c1sc2nc(-c3cccs3)ccc2c1NC. The Morgan fingerprint density at radius 3 is 2.86 bits per heavy atom. The van der Waals surface area contributed by atoms with Crippen molar-refractivity contribution in [2.45, 2.75) is 24.0 Å². The van der Waals surface area contributed by atoms with E-state index in [1.165, 1.54) is 0 Å². The highest BCUT2D eigenvalue weighted by Gasteiger charge is 2.22. The summed E-state index contributed by atoms with van der Waals surface area (Å²) in [6.07, 6.45) is 2.05. The van der Waals surface area contributed by atoms with Crippen LogP contribution in [0.15, 0.2) is 33.9 Å². The molecule has 0 saturated carbocycles. The fraction of sp³-hybridized carbons (Fsp3) is 0.312. The Labute approximate surface area is 141 Å². The molecule has 0 aliphatic carbocycles. The van der Waals surface area contributed by atoms with Gasteiger partial charge in [-0.15, -0.1) is 11.3 Å². The highest BCUT2D eigenvalue weighted by molar-refractivity contribution is 7.93. The number of nitrogens with one attached hydrogen (secondary N) is 1. The molecule has 0 saturated heterocycles. The lowest BCUT2D eigenvalue weighted by molar-refractivity contribution is 0.594. The fourth-order valence-electron chi connectivity index (χ4n) is 2.28. The molecule has 0 aliphatic rings. The summed E-state index contributed by atoms with van der Waals surface area (Å²) in [5.74, 6) is 0.718. The second-order valence-electron chi connectivity index (χ2n) is 4.94. The van der Waals surface area contributed by atoms with Gasteiger partial charge in [0.05, 0.1) is 10.6 Å². The minimum atomic E-state index is -0.952. The quantitative estimate of drug-likeness (QED) is 0.638. The van der Waals surface area contributed by atoms with E-state index in [-0.39, 0.29) is 0 Å². The summed E-state index contributed by atoms with van der Waals surface area (Å²) < 4.78 is 13.4. The van der Waals surface area contributed by atoms with E-state index in [1.807, 2.05) is 19.2 Å². The van der Waals surface area contributed by atoms with E-state index in [0.29, 0.717) is 0 Å². The third-order valence-electron chi connectivity index (χ3n) is 3.44. The van der Waals surface area contributed by atoms with E-state index >= 15 is 0 Å². The molecule has 22 heavy (non-hydrogen) atoms. The molecule has 6 heteroatoms. The van der Waals surface area contributed by atoms with Crippen molar-refractivity contribution in [1.82, 2.24) is 4.98 Å². The van der Waals surface area contributed by atoms with Crippen molar-refractivity contribution < 1.29 is 4.55 Å². The molecule has 0 aliphatic heterocycles. The van der Waals surface area contributed by atoms with Gasteiger partial charge in [-0.3, -0.25) is 0 Å². The smallest absolute Gasteiger partial charge is 0.232 e. The summed E-state index contributed by atoms with van der Waals surface area (Å²) in [4.78, 5) is 6.88. The van der Waals surface area contributed by atoms with Crippen LogP contribution in [0.3, 0.4) is 0 Å². The second kappa shape index (κ2) is 7.00. The first-order chi connectivity index (χ1) is 10.7. The van der Waals surface area contributed by atoms with Crippen molar-refractivity contribution in [3.05, 3.63) is 29.6 Å². The third kappa shape index (κ3) is 3.01. The molecule has 0 amide bonds. The summed E-state index contributed by atoms with van der Waals surface area (Å²) in [7, 11) is 1.88. The summed E-state index contributed by atoms with van der Waals surface area (Å²) >= 11 is 2.28. The predicted octanol–water partition coefficient (Wildman–Crippen LogP) is 4.97. The maximum absolute atomic E-state index is 12.5. The first-order valence-electron chi connectivity index (χ1n) is 7.28. The number of nitrogens with zero attached hydrogens (tertiary/aromatic N) is 1. The number of hydrogen-bond donors (Lipinski definition) is 1. The first-order valence-corrected chi connectivity index (χ1v) is 10.3. The monoisotopic (exact) mass is 350 g/mol. The van der Waals surface area contributed by atoms with Gasteiger partial charge < -0.3 is 9.87 Å². The minimum absolute atomic E-state index is 0.718. The van der Waals surface area contributed by atoms with Crippen molar-refractivity contribution >= 4 is 49.8 Å². The Morgan fingerprint density at radius 1 is 1.32 bits per heavy atom. The van der Waals surface area contributed by atoms with Gasteiger partial charge in [-0.1, -0.05) is 30.7 Å². The van der Waals surface area contributed by atoms with E-state index in [9.17, 15) is 4.55 Å². The van der Waals surface area contributed by atoms with Gasteiger partial charge in [-0.25, -0.2) is 4.98 Å². The molecule has 0 fully saturated rings. The lowest BCUT2D eigenvalue weighted by atomic mass is 10.2. The zero-order chi connectivity index (χ0) is 15.5. The lowest BCUT2D eigenvalue weighted by Crippen LogP contribution is -2.06.